The number of fused-ring (bicyclic) bond motifs is 21. The number of carbonyl (C=O) groups is 1. The van der Waals surface area contributed by atoms with Gasteiger partial charge >= 0.3 is 0 Å². The van der Waals surface area contributed by atoms with Crippen molar-refractivity contribution >= 4 is 5.78 Å². The van der Waals surface area contributed by atoms with Crippen LogP contribution in [0.3, 0.4) is 0 Å². The summed E-state index contributed by atoms with van der Waals surface area (Å²) in [6.07, 6.45) is 35.5. The van der Waals surface area contributed by atoms with Gasteiger partial charge in [-0.05, 0) is 299 Å². The Morgan fingerprint density at radius 2 is 1.20 bits per heavy atom. The molecule has 17 aliphatic rings. The van der Waals surface area contributed by atoms with E-state index < -0.39 is 5.79 Å². The summed E-state index contributed by atoms with van der Waals surface area (Å²) >= 11 is 0. The number of hydrogen-bond acceptors (Lipinski definition) is 9. The lowest BCUT2D eigenvalue weighted by atomic mass is 9.31. The van der Waals surface area contributed by atoms with E-state index in [0.717, 1.165) is 119 Å². The molecule has 92 heavy (non-hydrogen) atoms. The molecule has 4 N–H and O–H groups in total. The van der Waals surface area contributed by atoms with Crippen LogP contribution < -0.4 is 0 Å². The van der Waals surface area contributed by atoms with Gasteiger partial charge in [-0.15, -0.1) is 0 Å². The van der Waals surface area contributed by atoms with Crippen LogP contribution in [0.4, 0.5) is 0 Å². The van der Waals surface area contributed by atoms with Gasteiger partial charge in [0.05, 0.1) is 43.7 Å². The highest BCUT2D eigenvalue weighted by Crippen LogP contribution is 2.78. The molecule has 12 saturated carbocycles. The summed E-state index contributed by atoms with van der Waals surface area (Å²) in [5.41, 5.74) is 3.93. The standard InChI is InChI=1S/C30H52O2.C27H42O3.C26H40O4/c1-19-10-15-30(18-31)17-16-28(6)21(25(30)20(19)2)8-9-23-27(5)13-12-24(32)26(3,4)22(27)11-14-29(23,28)7;1-16-7-12-27(29-15-16)17(2)24-23(30-27)14-22-20-6-5-18-13-19(28)8-10-25(18,3)21(20)9-11-26(22,24)4;1-14-6-9-26(29-13-14)15(2)23-22(30-26)11-19-18-5-4-16-10-17(27)7-8-25(16,3)20(18)12-21(28)24(19)23/h19-25,31-32H,8-18H2,1-7H3;5,16-17,19-24,28H,6-15H2,1-4H3;14-20,22-24,27H,4-13H2,1-3H3/t19-,20+,21?,22+,23-,24+,25+,27+,28-,29-,30-;16-,17+,19+,20-,21+,22+,23+,24+,25+,26+,27?;14-,15+,16+,17+,18+,19+,20+,22+,23+,24?,25+,26?/m111/s1. The van der Waals surface area contributed by atoms with E-state index in [1.54, 1.807) is 5.57 Å². The number of ether oxygens (including phenoxy) is 4. The highest BCUT2D eigenvalue weighted by Gasteiger charge is 2.73. The number of aliphatic hydroxyl groups excluding tert-OH is 4. The summed E-state index contributed by atoms with van der Waals surface area (Å²) in [5, 5.41) is 42.1. The lowest BCUT2D eigenvalue weighted by molar-refractivity contribution is -0.272. The first kappa shape index (κ1) is 66.9. The second-order valence-corrected chi connectivity index (χ2v) is 40.0. The molecular formula is C83H134O9. The van der Waals surface area contributed by atoms with Crippen LogP contribution in [-0.4, -0.2) is 88.1 Å². The van der Waals surface area contributed by atoms with Gasteiger partial charge in [0.1, 0.15) is 5.78 Å². The Labute approximate surface area is 559 Å². The van der Waals surface area contributed by atoms with Crippen LogP contribution >= 0.6 is 0 Å². The van der Waals surface area contributed by atoms with Crippen molar-refractivity contribution < 1.29 is 44.2 Å². The minimum Gasteiger partial charge on any atom is -0.396 e. The summed E-state index contributed by atoms with van der Waals surface area (Å²) in [6, 6.07) is 0. The topological polar surface area (TPSA) is 135 Å². The van der Waals surface area contributed by atoms with Crippen LogP contribution in [0.1, 0.15) is 277 Å². The van der Waals surface area contributed by atoms with Crippen LogP contribution in [0.5, 0.6) is 0 Å². The van der Waals surface area contributed by atoms with Crippen molar-refractivity contribution in [2.24, 2.45) is 162 Å². The largest absolute Gasteiger partial charge is 0.396 e. The van der Waals surface area contributed by atoms with E-state index in [-0.39, 0.29) is 52.4 Å². The van der Waals surface area contributed by atoms with Crippen LogP contribution in [0.2, 0.25) is 0 Å². The zero-order valence-electron chi connectivity index (χ0n) is 60.8. The zero-order chi connectivity index (χ0) is 65.0. The number of Topliss-reactive ketones (excluding diaryl/α,β-unsaturated/α-hetero) is 1. The molecule has 4 unspecified atom stereocenters. The highest BCUT2D eigenvalue weighted by atomic mass is 16.7. The van der Waals surface area contributed by atoms with Gasteiger partial charge in [-0.3, -0.25) is 4.79 Å². The summed E-state index contributed by atoms with van der Waals surface area (Å²) < 4.78 is 26.4. The SMILES string of the molecule is C[C@@H]1CCC2(OC1)O[C@H]1C[C@@H]3C(C(=O)C[C@H]4[C@H]3CC[C@H]3C[C@@H](O)CC[C@@]34C)[C@H]1[C@@H]2C.C[C@@H]1CCC2(OC1)O[C@H]1C[C@H]3[C@@H]4CC=C5C[C@@H](O)CC[C@]5(C)[C@H]4CC[C@]3(C)[C@H]1[C@@H]2C.C[C@H]1[C@H](C)CC[C@]2(CO)CC[C@]3(C)C(CC[C@@H]4[C@@]5(C)CC[C@H](O)C(C)(C)[C@@H]5CC[C@]43C)[C@H]12. The van der Waals surface area contributed by atoms with E-state index in [4.69, 9.17) is 18.9 Å². The molecule has 520 valence electrons. The third kappa shape index (κ3) is 9.55. The molecule has 0 aromatic heterocycles. The normalized spacial score (nSPS) is 59.7. The molecule has 16 fully saturated rings. The van der Waals surface area contributed by atoms with Gasteiger partial charge in [-0.1, -0.05) is 109 Å². The van der Waals surface area contributed by atoms with Crippen molar-refractivity contribution in [3.05, 3.63) is 11.6 Å². The number of aliphatic hydroxyl groups is 4. The molecule has 9 heteroatoms. The number of hydrogen-bond donors (Lipinski definition) is 4. The number of ketones is 1. The first-order valence-electron chi connectivity index (χ1n) is 40.0. The van der Waals surface area contributed by atoms with Crippen LogP contribution in [-0.2, 0) is 23.7 Å². The second-order valence-electron chi connectivity index (χ2n) is 40.0. The molecule has 34 atom stereocenters. The van der Waals surface area contributed by atoms with Gasteiger partial charge in [0.2, 0.25) is 0 Å². The summed E-state index contributed by atoms with van der Waals surface area (Å²) in [7, 11) is 0. The highest BCUT2D eigenvalue weighted by molar-refractivity contribution is 5.83. The third-order valence-electron chi connectivity index (χ3n) is 36.5. The fourth-order valence-electron chi connectivity index (χ4n) is 30.8. The molecule has 17 rings (SSSR count). The lowest BCUT2D eigenvalue weighted by Gasteiger charge is -2.74. The van der Waals surface area contributed by atoms with E-state index in [1.807, 2.05) is 0 Å². The van der Waals surface area contributed by atoms with E-state index in [1.165, 1.54) is 116 Å². The average Bonchev–Trinajstić information content (AvgIpc) is 0.926. The molecule has 0 aromatic carbocycles. The van der Waals surface area contributed by atoms with Gasteiger partial charge in [-0.2, -0.15) is 0 Å². The second kappa shape index (κ2) is 23.1. The Bertz CT molecular complexity index is 2780. The monoisotopic (exact) mass is 1280 g/mol. The maximum atomic E-state index is 13.7. The van der Waals surface area contributed by atoms with Gasteiger partial charge in [0.25, 0.3) is 0 Å². The molecule has 0 amide bonds. The molecule has 9 nitrogen and oxygen atoms in total. The van der Waals surface area contributed by atoms with E-state index in [2.05, 4.69) is 103 Å². The number of rotatable bonds is 1. The average molecular weight is 1280 g/mol. The number of allylic oxidation sites excluding steroid dienone is 1. The minimum absolute atomic E-state index is 0.0397. The molecule has 2 spiro atoms. The maximum Gasteiger partial charge on any atom is 0.171 e. The Hall–Kier alpha value is -0.910. The summed E-state index contributed by atoms with van der Waals surface area (Å²) in [4.78, 5) is 13.7. The van der Waals surface area contributed by atoms with Crippen LogP contribution in [0, 0.1) is 162 Å². The Balaban J connectivity index is 0.000000115. The molecule has 4 aliphatic heterocycles. The Morgan fingerprint density at radius 1 is 0.511 bits per heavy atom. The Morgan fingerprint density at radius 3 is 1.90 bits per heavy atom. The van der Waals surface area contributed by atoms with Crippen molar-refractivity contribution in [1.29, 1.82) is 0 Å². The zero-order valence-corrected chi connectivity index (χ0v) is 60.8. The Kier molecular flexibility index (Phi) is 16.8. The van der Waals surface area contributed by atoms with Crippen molar-refractivity contribution in [3.63, 3.8) is 0 Å². The number of carbonyl (C=O) groups excluding carboxylic acids is 1. The molecule has 0 bridgehead atoms. The van der Waals surface area contributed by atoms with Gasteiger partial charge in [-0.25, -0.2) is 0 Å². The molecule has 13 aliphatic carbocycles. The third-order valence-corrected chi connectivity index (χ3v) is 36.5. The minimum atomic E-state index is -0.424. The van der Waals surface area contributed by atoms with Gasteiger partial charge in [0, 0.05) is 49.5 Å². The molecule has 0 radical (unpaired) electrons. The van der Waals surface area contributed by atoms with E-state index in [9.17, 15) is 25.2 Å². The first-order valence-corrected chi connectivity index (χ1v) is 40.0. The maximum absolute atomic E-state index is 13.7. The van der Waals surface area contributed by atoms with Gasteiger partial charge in [0.15, 0.2) is 11.6 Å². The fourth-order valence-corrected chi connectivity index (χ4v) is 30.8. The first-order chi connectivity index (χ1) is 43.5. The van der Waals surface area contributed by atoms with Crippen molar-refractivity contribution in [3.8, 4) is 0 Å². The summed E-state index contributed by atoms with van der Waals surface area (Å²) in [5.74, 6) is 12.2. The molecular weight excluding hydrogens is 1140 g/mol. The van der Waals surface area contributed by atoms with Crippen LogP contribution in [0.15, 0.2) is 11.6 Å². The van der Waals surface area contributed by atoms with E-state index in [0.29, 0.717) is 117 Å². The smallest absolute Gasteiger partial charge is 0.171 e. The summed E-state index contributed by atoms with van der Waals surface area (Å²) in [6.45, 7) is 36.8. The quantitative estimate of drug-likeness (QED) is 0.189. The fraction of sp³-hybridized carbons (Fsp3) is 0.964. The van der Waals surface area contributed by atoms with Crippen molar-refractivity contribution in [2.75, 3.05) is 19.8 Å². The van der Waals surface area contributed by atoms with Crippen molar-refractivity contribution in [2.45, 2.75) is 319 Å². The van der Waals surface area contributed by atoms with Crippen LogP contribution in [0.25, 0.3) is 0 Å². The molecule has 0 aromatic rings. The lowest BCUT2D eigenvalue weighted by Crippen LogP contribution is -2.67. The van der Waals surface area contributed by atoms with E-state index >= 15 is 0 Å². The molecule has 4 heterocycles. The molecule has 4 saturated heterocycles. The predicted molar refractivity (Wildman–Crippen MR) is 363 cm³/mol. The van der Waals surface area contributed by atoms with Gasteiger partial charge < -0.3 is 39.4 Å². The predicted octanol–water partition coefficient (Wildman–Crippen LogP) is 17.4. The van der Waals surface area contributed by atoms with Crippen molar-refractivity contribution in [1.82, 2.24) is 0 Å².